The van der Waals surface area contributed by atoms with Crippen molar-refractivity contribution in [2.45, 2.75) is 29.2 Å². The Morgan fingerprint density at radius 3 is 2.62 bits per heavy atom. The first-order chi connectivity index (χ1) is 15.4. The van der Waals surface area contributed by atoms with Gasteiger partial charge in [-0.2, -0.15) is 16.9 Å². The number of carbonyl (C=O) groups excluding carboxylic acids is 1. The Morgan fingerprint density at radius 2 is 1.84 bits per heavy atom. The van der Waals surface area contributed by atoms with Crippen LogP contribution in [0.5, 0.6) is 0 Å². The molecule has 0 radical (unpaired) electrons. The summed E-state index contributed by atoms with van der Waals surface area (Å²) < 4.78 is 38.9. The SMILES string of the molecule is COC(=O)c1cccc(COC[C@@H]2C[C@H](S)CN2S(=O)(=O)c2ccc3ccccc3c2)c1. The molecular weight excluding hydrogens is 446 g/mol. The van der Waals surface area contributed by atoms with Gasteiger partial charge in [-0.15, -0.1) is 0 Å². The van der Waals surface area contributed by atoms with Gasteiger partial charge < -0.3 is 9.47 Å². The van der Waals surface area contributed by atoms with Crippen molar-refractivity contribution in [2.75, 3.05) is 20.3 Å². The van der Waals surface area contributed by atoms with Gasteiger partial charge in [0, 0.05) is 17.8 Å². The predicted molar refractivity (Wildman–Crippen MR) is 126 cm³/mol. The maximum absolute atomic E-state index is 13.4. The normalized spacial score (nSPS) is 19.3. The van der Waals surface area contributed by atoms with Crippen LogP contribution in [0.2, 0.25) is 0 Å². The minimum Gasteiger partial charge on any atom is -0.465 e. The van der Waals surface area contributed by atoms with E-state index < -0.39 is 16.0 Å². The van der Waals surface area contributed by atoms with E-state index in [9.17, 15) is 13.2 Å². The first kappa shape index (κ1) is 22.8. The molecule has 2 atom stereocenters. The fraction of sp³-hybridized carbons (Fsp3) is 0.292. The molecule has 1 heterocycles. The van der Waals surface area contributed by atoms with Crippen molar-refractivity contribution in [1.82, 2.24) is 4.31 Å². The number of carbonyl (C=O) groups is 1. The molecule has 0 aliphatic carbocycles. The van der Waals surface area contributed by atoms with E-state index >= 15 is 0 Å². The number of sulfonamides is 1. The number of hydrogen-bond donors (Lipinski definition) is 1. The maximum Gasteiger partial charge on any atom is 0.337 e. The largest absolute Gasteiger partial charge is 0.465 e. The lowest BCUT2D eigenvalue weighted by Gasteiger charge is -2.24. The number of esters is 1. The van der Waals surface area contributed by atoms with E-state index in [1.807, 2.05) is 36.4 Å². The van der Waals surface area contributed by atoms with Crippen LogP contribution in [0.25, 0.3) is 10.8 Å². The van der Waals surface area contributed by atoms with E-state index in [0.29, 0.717) is 18.5 Å². The highest BCUT2D eigenvalue weighted by Crippen LogP contribution is 2.30. The van der Waals surface area contributed by atoms with Crippen molar-refractivity contribution in [1.29, 1.82) is 0 Å². The average Bonchev–Trinajstić information content (AvgIpc) is 3.19. The zero-order valence-electron chi connectivity index (χ0n) is 17.7. The number of rotatable bonds is 7. The van der Waals surface area contributed by atoms with Crippen molar-refractivity contribution >= 4 is 39.4 Å². The summed E-state index contributed by atoms with van der Waals surface area (Å²) in [6, 6.07) is 19.6. The fourth-order valence-corrected chi connectivity index (χ4v) is 6.22. The molecule has 1 aliphatic rings. The summed E-state index contributed by atoms with van der Waals surface area (Å²) in [7, 11) is -2.35. The zero-order valence-corrected chi connectivity index (χ0v) is 19.4. The van der Waals surface area contributed by atoms with Gasteiger partial charge in [-0.1, -0.05) is 42.5 Å². The highest BCUT2D eigenvalue weighted by molar-refractivity contribution is 7.89. The van der Waals surface area contributed by atoms with Crippen molar-refractivity contribution in [3.63, 3.8) is 0 Å². The van der Waals surface area contributed by atoms with Gasteiger partial charge in [0.25, 0.3) is 0 Å². The van der Waals surface area contributed by atoms with E-state index in [-0.39, 0.29) is 29.4 Å². The zero-order chi connectivity index (χ0) is 22.7. The third kappa shape index (κ3) is 4.83. The lowest BCUT2D eigenvalue weighted by molar-refractivity contribution is 0.0599. The molecule has 8 heteroatoms. The molecule has 1 aliphatic heterocycles. The molecule has 0 bridgehead atoms. The smallest absolute Gasteiger partial charge is 0.337 e. The number of hydrogen-bond acceptors (Lipinski definition) is 6. The van der Waals surface area contributed by atoms with E-state index in [4.69, 9.17) is 9.47 Å². The fourth-order valence-electron chi connectivity index (χ4n) is 3.99. The van der Waals surface area contributed by atoms with Gasteiger partial charge in [0.1, 0.15) is 0 Å². The van der Waals surface area contributed by atoms with Gasteiger partial charge in [-0.3, -0.25) is 0 Å². The molecule has 0 N–H and O–H groups in total. The van der Waals surface area contributed by atoms with Crippen LogP contribution in [-0.4, -0.2) is 50.2 Å². The summed E-state index contributed by atoms with van der Waals surface area (Å²) in [6.07, 6.45) is 0.609. The van der Waals surface area contributed by atoms with Crippen LogP contribution < -0.4 is 0 Å². The molecule has 0 saturated carbocycles. The lowest BCUT2D eigenvalue weighted by atomic mass is 10.1. The van der Waals surface area contributed by atoms with Crippen LogP contribution >= 0.6 is 12.6 Å². The minimum atomic E-state index is -3.69. The first-order valence-corrected chi connectivity index (χ1v) is 12.3. The third-order valence-electron chi connectivity index (χ3n) is 5.60. The second kappa shape index (κ2) is 9.62. The van der Waals surface area contributed by atoms with Gasteiger partial charge in [0.05, 0.1) is 30.8 Å². The minimum absolute atomic E-state index is 0.0542. The topological polar surface area (TPSA) is 72.9 Å². The Hall–Kier alpha value is -2.39. The van der Waals surface area contributed by atoms with E-state index in [2.05, 4.69) is 12.6 Å². The number of benzene rings is 3. The Balaban J connectivity index is 1.47. The highest BCUT2D eigenvalue weighted by atomic mass is 32.2. The van der Waals surface area contributed by atoms with Gasteiger partial charge in [0.15, 0.2) is 0 Å². The Labute approximate surface area is 193 Å². The van der Waals surface area contributed by atoms with Crippen molar-refractivity contribution in [3.05, 3.63) is 77.9 Å². The highest BCUT2D eigenvalue weighted by Gasteiger charge is 2.39. The molecule has 0 spiro atoms. The van der Waals surface area contributed by atoms with Crippen molar-refractivity contribution in [2.24, 2.45) is 0 Å². The Kier molecular flexibility index (Phi) is 6.85. The van der Waals surface area contributed by atoms with E-state index in [1.54, 1.807) is 30.3 Å². The summed E-state index contributed by atoms with van der Waals surface area (Å²) in [6.45, 7) is 0.846. The summed E-state index contributed by atoms with van der Waals surface area (Å²) >= 11 is 4.54. The Bertz CT molecular complexity index is 1230. The molecule has 32 heavy (non-hydrogen) atoms. The van der Waals surface area contributed by atoms with Crippen molar-refractivity contribution in [3.8, 4) is 0 Å². The number of thiol groups is 1. The number of fused-ring (bicyclic) bond motifs is 1. The molecule has 0 unspecified atom stereocenters. The first-order valence-electron chi connectivity index (χ1n) is 10.3. The van der Waals surface area contributed by atoms with Crippen LogP contribution in [-0.2, 0) is 26.1 Å². The summed E-state index contributed by atoms with van der Waals surface area (Å²) in [5, 5.41) is 1.82. The van der Waals surface area contributed by atoms with E-state index in [0.717, 1.165) is 16.3 Å². The molecule has 0 aromatic heterocycles. The predicted octanol–water partition coefficient (Wildman–Crippen LogP) is 3.90. The second-order valence-corrected chi connectivity index (χ2v) is 10.5. The molecule has 168 valence electrons. The van der Waals surface area contributed by atoms with Gasteiger partial charge in [-0.25, -0.2) is 13.2 Å². The summed E-state index contributed by atoms with van der Waals surface area (Å²) in [5.74, 6) is -0.409. The molecule has 0 amide bonds. The molecule has 3 aromatic rings. The van der Waals surface area contributed by atoms with Crippen molar-refractivity contribution < 1.29 is 22.7 Å². The monoisotopic (exact) mass is 471 g/mol. The molecular formula is C24H25NO5S2. The van der Waals surface area contributed by atoms with Crippen LogP contribution in [0.1, 0.15) is 22.3 Å². The van der Waals surface area contributed by atoms with Crippen LogP contribution in [0.15, 0.2) is 71.6 Å². The van der Waals surface area contributed by atoms with Gasteiger partial charge in [0.2, 0.25) is 10.0 Å². The quantitative estimate of drug-likeness (QED) is 0.418. The molecule has 6 nitrogen and oxygen atoms in total. The number of ether oxygens (including phenoxy) is 2. The van der Waals surface area contributed by atoms with Gasteiger partial charge >= 0.3 is 5.97 Å². The summed E-state index contributed by atoms with van der Waals surface area (Å²) in [5.41, 5.74) is 1.27. The molecule has 4 rings (SSSR count). The van der Waals surface area contributed by atoms with Crippen LogP contribution in [0.3, 0.4) is 0 Å². The van der Waals surface area contributed by atoms with Crippen LogP contribution in [0.4, 0.5) is 0 Å². The molecule has 3 aromatic carbocycles. The molecule has 1 saturated heterocycles. The number of methoxy groups -OCH3 is 1. The second-order valence-electron chi connectivity index (χ2n) is 7.83. The average molecular weight is 472 g/mol. The maximum atomic E-state index is 13.4. The number of nitrogens with zero attached hydrogens (tertiary/aromatic N) is 1. The standard InChI is InChI=1S/C24H25NO5S2/c1-29-24(26)20-8-4-5-17(11-20)15-30-16-21-13-22(31)14-25(21)32(27,28)23-10-9-18-6-2-3-7-19(18)12-23/h2-12,21-22,31H,13-16H2,1H3/t21-,22-/m0/s1. The third-order valence-corrected chi connectivity index (χ3v) is 7.89. The van der Waals surface area contributed by atoms with E-state index in [1.165, 1.54) is 11.4 Å². The molecule has 1 fully saturated rings. The summed E-state index contributed by atoms with van der Waals surface area (Å²) in [4.78, 5) is 12.0. The Morgan fingerprint density at radius 1 is 1.06 bits per heavy atom. The lowest BCUT2D eigenvalue weighted by Crippen LogP contribution is -2.38. The van der Waals surface area contributed by atoms with Gasteiger partial charge in [-0.05, 0) is 47.0 Å². The van der Waals surface area contributed by atoms with Crippen LogP contribution in [0, 0.1) is 0 Å².